The van der Waals surface area contributed by atoms with Gasteiger partial charge in [0.05, 0.1) is 6.61 Å². The number of aliphatic hydroxyl groups is 1. The Bertz CT molecular complexity index is 994. The molecular weight excluding hydrogens is 414 g/mol. The minimum absolute atomic E-state index is 0.344. The molecule has 0 atom stereocenters. The van der Waals surface area contributed by atoms with Crippen LogP contribution in [0.25, 0.3) is 0 Å². The summed E-state index contributed by atoms with van der Waals surface area (Å²) < 4.78 is 13.7. The van der Waals surface area contributed by atoms with Crippen LogP contribution in [0.3, 0.4) is 0 Å². The van der Waals surface area contributed by atoms with E-state index in [9.17, 15) is 5.11 Å². The Morgan fingerprint density at radius 3 is 2.52 bits per heavy atom. The second-order valence-corrected chi connectivity index (χ2v) is 9.17. The molecule has 0 saturated carbocycles. The number of hydrogen-bond acceptors (Lipinski definition) is 5. The van der Waals surface area contributed by atoms with Gasteiger partial charge in [-0.15, -0.1) is 0 Å². The molecule has 1 aliphatic rings. The van der Waals surface area contributed by atoms with E-state index >= 15 is 0 Å². The molecule has 6 heteroatoms. The average molecular weight is 450 g/mol. The van der Waals surface area contributed by atoms with Crippen LogP contribution in [0.2, 0.25) is 0 Å². The monoisotopic (exact) mass is 449 g/mol. The molecule has 1 N–H and O–H groups in total. The summed E-state index contributed by atoms with van der Waals surface area (Å²) >= 11 is 0. The topological polar surface area (TPSA) is 59.8 Å². The fraction of sp³-hybridized carbons (Fsp3) is 0.444. The fourth-order valence-corrected chi connectivity index (χ4v) is 4.24. The molecule has 1 aromatic heterocycles. The van der Waals surface area contributed by atoms with Gasteiger partial charge in [-0.3, -0.25) is 9.58 Å². The van der Waals surface area contributed by atoms with Crippen molar-refractivity contribution in [2.75, 3.05) is 26.3 Å². The zero-order valence-corrected chi connectivity index (χ0v) is 19.7. The number of rotatable bonds is 10. The van der Waals surface area contributed by atoms with E-state index in [2.05, 4.69) is 35.1 Å². The summed E-state index contributed by atoms with van der Waals surface area (Å²) in [6, 6.07) is 16.4. The zero-order chi connectivity index (χ0) is 23.1. The largest absolute Gasteiger partial charge is 0.494 e. The van der Waals surface area contributed by atoms with Crippen LogP contribution in [0.1, 0.15) is 36.0 Å². The molecule has 1 aliphatic heterocycles. The molecule has 6 nitrogen and oxygen atoms in total. The van der Waals surface area contributed by atoms with E-state index in [0.29, 0.717) is 13.2 Å². The molecular formula is C27H35N3O3. The number of ether oxygens (including phenoxy) is 2. The van der Waals surface area contributed by atoms with E-state index in [1.807, 2.05) is 48.1 Å². The normalized spacial score (nSPS) is 16.0. The highest BCUT2D eigenvalue weighted by Crippen LogP contribution is 2.26. The van der Waals surface area contributed by atoms with Gasteiger partial charge >= 0.3 is 0 Å². The third-order valence-electron chi connectivity index (χ3n) is 6.30. The van der Waals surface area contributed by atoms with Crippen molar-refractivity contribution in [3.05, 3.63) is 77.6 Å². The first-order valence-corrected chi connectivity index (χ1v) is 11.8. The molecule has 2 heterocycles. The van der Waals surface area contributed by atoms with Gasteiger partial charge in [-0.05, 0) is 62.1 Å². The lowest BCUT2D eigenvalue weighted by atomic mass is 9.92. The second kappa shape index (κ2) is 10.9. The molecule has 0 amide bonds. The lowest BCUT2D eigenvalue weighted by Crippen LogP contribution is -2.47. The Labute approximate surface area is 196 Å². The number of nitrogens with zero attached hydrogens (tertiary/aromatic N) is 3. The Kier molecular flexibility index (Phi) is 7.68. The van der Waals surface area contributed by atoms with Crippen molar-refractivity contribution in [1.29, 1.82) is 0 Å². The van der Waals surface area contributed by atoms with E-state index in [4.69, 9.17) is 9.47 Å². The number of hydrogen-bond donors (Lipinski definition) is 1. The number of piperidine rings is 1. The van der Waals surface area contributed by atoms with Crippen LogP contribution >= 0.6 is 0 Å². The first-order chi connectivity index (χ1) is 16.0. The highest BCUT2D eigenvalue weighted by atomic mass is 16.5. The average Bonchev–Trinajstić information content (AvgIpc) is 3.33. The van der Waals surface area contributed by atoms with Crippen molar-refractivity contribution in [3.63, 3.8) is 0 Å². The molecule has 176 valence electrons. The smallest absolute Gasteiger partial charge is 0.122 e. The molecule has 0 aliphatic carbocycles. The van der Waals surface area contributed by atoms with E-state index in [1.54, 1.807) is 6.20 Å². The zero-order valence-electron chi connectivity index (χ0n) is 19.7. The summed E-state index contributed by atoms with van der Waals surface area (Å²) in [5, 5.41) is 15.2. The fourth-order valence-electron chi connectivity index (χ4n) is 4.24. The Morgan fingerprint density at radius 1 is 1.03 bits per heavy atom. The number of aryl methyl sites for hydroxylation is 3. The number of aromatic nitrogens is 2. The van der Waals surface area contributed by atoms with Crippen LogP contribution in [0.15, 0.2) is 60.9 Å². The minimum Gasteiger partial charge on any atom is -0.494 e. The Morgan fingerprint density at radius 2 is 1.82 bits per heavy atom. The third-order valence-corrected chi connectivity index (χ3v) is 6.30. The van der Waals surface area contributed by atoms with Gasteiger partial charge in [0.25, 0.3) is 0 Å². The summed E-state index contributed by atoms with van der Waals surface area (Å²) in [6.45, 7) is 8.61. The molecule has 33 heavy (non-hydrogen) atoms. The highest BCUT2D eigenvalue weighted by molar-refractivity contribution is 5.35. The van der Waals surface area contributed by atoms with Gasteiger partial charge in [0.1, 0.15) is 23.7 Å². The summed E-state index contributed by atoms with van der Waals surface area (Å²) in [4.78, 5) is 2.39. The van der Waals surface area contributed by atoms with Crippen molar-refractivity contribution in [2.45, 2.75) is 51.8 Å². The molecule has 0 unspecified atom stereocenters. The van der Waals surface area contributed by atoms with Gasteiger partial charge in [0.15, 0.2) is 0 Å². The number of benzene rings is 2. The van der Waals surface area contributed by atoms with Crippen molar-refractivity contribution in [1.82, 2.24) is 14.7 Å². The summed E-state index contributed by atoms with van der Waals surface area (Å²) in [7, 11) is 0. The van der Waals surface area contributed by atoms with E-state index in [-0.39, 0.29) is 0 Å². The number of likely N-dealkylation sites (tertiary alicyclic amines) is 1. The van der Waals surface area contributed by atoms with Crippen LogP contribution in [0.5, 0.6) is 11.5 Å². The standard InChI is InChI=1S/C27H35N3O3/c1-22-5-10-26(23(2)19-22)33-21-27(31)11-16-29(17-12-27)20-24-6-8-25(9-7-24)32-18-4-15-30-14-3-13-28-30/h3,5-10,13-14,19,31H,4,11-12,15-18,20-21H2,1-2H3. The van der Waals surface area contributed by atoms with Crippen molar-refractivity contribution < 1.29 is 14.6 Å². The van der Waals surface area contributed by atoms with E-state index in [0.717, 1.165) is 62.5 Å². The third kappa shape index (κ3) is 6.83. The predicted octanol–water partition coefficient (Wildman–Crippen LogP) is 4.37. The van der Waals surface area contributed by atoms with Gasteiger partial charge < -0.3 is 14.6 Å². The predicted molar refractivity (Wildman–Crippen MR) is 130 cm³/mol. The van der Waals surface area contributed by atoms with Gasteiger partial charge in [0, 0.05) is 45.0 Å². The van der Waals surface area contributed by atoms with Crippen LogP contribution in [0.4, 0.5) is 0 Å². The molecule has 0 bridgehead atoms. The molecule has 1 saturated heterocycles. The van der Waals surface area contributed by atoms with Gasteiger partial charge in [-0.2, -0.15) is 5.10 Å². The van der Waals surface area contributed by atoms with Gasteiger partial charge in [-0.1, -0.05) is 29.8 Å². The molecule has 0 radical (unpaired) electrons. The van der Waals surface area contributed by atoms with Crippen molar-refractivity contribution in [2.24, 2.45) is 0 Å². The molecule has 1 fully saturated rings. The maximum absolute atomic E-state index is 11.0. The highest BCUT2D eigenvalue weighted by Gasteiger charge is 2.33. The lowest BCUT2D eigenvalue weighted by molar-refractivity contribution is -0.0538. The lowest BCUT2D eigenvalue weighted by Gasteiger charge is -2.38. The molecule has 0 spiro atoms. The minimum atomic E-state index is -0.762. The van der Waals surface area contributed by atoms with Gasteiger partial charge in [-0.25, -0.2) is 0 Å². The second-order valence-electron chi connectivity index (χ2n) is 9.17. The maximum atomic E-state index is 11.0. The molecule has 3 aromatic rings. The van der Waals surface area contributed by atoms with Crippen LogP contribution < -0.4 is 9.47 Å². The summed E-state index contributed by atoms with van der Waals surface area (Å²) in [5.41, 5.74) is 2.83. The Balaban J connectivity index is 1.17. The maximum Gasteiger partial charge on any atom is 0.122 e. The summed E-state index contributed by atoms with van der Waals surface area (Å²) in [6.07, 6.45) is 6.12. The Hall–Kier alpha value is -2.83. The quantitative estimate of drug-likeness (QED) is 0.466. The van der Waals surface area contributed by atoms with Crippen LogP contribution in [-0.2, 0) is 13.1 Å². The van der Waals surface area contributed by atoms with Crippen LogP contribution in [-0.4, -0.2) is 51.7 Å². The van der Waals surface area contributed by atoms with E-state index < -0.39 is 5.60 Å². The summed E-state index contributed by atoms with van der Waals surface area (Å²) in [5.74, 6) is 1.76. The SMILES string of the molecule is Cc1ccc(OCC2(O)CCN(Cc3ccc(OCCCn4cccn4)cc3)CC2)c(C)c1. The first-order valence-electron chi connectivity index (χ1n) is 11.8. The molecule has 2 aromatic carbocycles. The molecule has 4 rings (SSSR count). The first kappa shape index (κ1) is 23.3. The van der Waals surface area contributed by atoms with E-state index in [1.165, 1.54) is 11.1 Å². The van der Waals surface area contributed by atoms with Crippen LogP contribution in [0, 0.1) is 13.8 Å². The van der Waals surface area contributed by atoms with Crippen molar-refractivity contribution in [3.8, 4) is 11.5 Å². The van der Waals surface area contributed by atoms with Crippen molar-refractivity contribution >= 4 is 0 Å². The van der Waals surface area contributed by atoms with Gasteiger partial charge in [0.2, 0.25) is 0 Å².